The van der Waals surface area contributed by atoms with Gasteiger partial charge in [0.2, 0.25) is 5.91 Å². The summed E-state index contributed by atoms with van der Waals surface area (Å²) >= 11 is 2.60. The number of thioether (sulfide) groups is 1. The van der Waals surface area contributed by atoms with Gasteiger partial charge in [0.05, 0.1) is 23.9 Å². The highest BCUT2D eigenvalue weighted by Crippen LogP contribution is 2.34. The fourth-order valence-corrected chi connectivity index (χ4v) is 5.84. The summed E-state index contributed by atoms with van der Waals surface area (Å²) in [6.07, 6.45) is 0.797. The second-order valence-electron chi connectivity index (χ2n) is 7.24. The van der Waals surface area contributed by atoms with E-state index in [0.717, 1.165) is 48.3 Å². The smallest absolute Gasteiger partial charge is 0.318 e. The number of aromatic nitrogens is 2. The number of rotatable bonds is 6. The Labute approximate surface area is 192 Å². The molecule has 3 N–H and O–H groups in total. The van der Waals surface area contributed by atoms with Gasteiger partial charge in [0, 0.05) is 24.0 Å². The Balaban J connectivity index is 1.85. The van der Waals surface area contributed by atoms with Crippen LogP contribution < -0.4 is 21.3 Å². The number of fused-ring (bicyclic) bond motifs is 3. The van der Waals surface area contributed by atoms with Crippen LogP contribution in [-0.4, -0.2) is 52.3 Å². The molecule has 1 aliphatic rings. The maximum atomic E-state index is 13.7. The van der Waals surface area contributed by atoms with E-state index in [2.05, 4.69) is 11.8 Å². The molecule has 0 aliphatic carbocycles. The largest absolute Gasteiger partial charge is 0.497 e. The fraction of sp³-hybridized carbons (Fsp3) is 0.333. The van der Waals surface area contributed by atoms with Crippen LogP contribution in [0.4, 0.5) is 4.79 Å². The Kier molecular flexibility index (Phi) is 6.49. The molecule has 0 atom stereocenters. The zero-order chi connectivity index (χ0) is 22.8. The minimum absolute atomic E-state index is 0.112. The van der Waals surface area contributed by atoms with Gasteiger partial charge in [0.1, 0.15) is 10.6 Å². The van der Waals surface area contributed by atoms with E-state index in [1.807, 2.05) is 5.32 Å². The second kappa shape index (κ2) is 9.31. The number of likely N-dealkylation sites (N-methyl/N-ethyl adjacent to an activating group) is 1. The van der Waals surface area contributed by atoms with Crippen molar-refractivity contribution in [1.29, 1.82) is 0 Å². The quantitative estimate of drug-likeness (QED) is 0.416. The zero-order valence-corrected chi connectivity index (χ0v) is 19.3. The minimum Gasteiger partial charge on any atom is -0.497 e. The van der Waals surface area contributed by atoms with Crippen molar-refractivity contribution in [3.63, 3.8) is 0 Å². The second-order valence-corrected chi connectivity index (χ2v) is 9.27. The molecule has 3 amide bonds. The van der Waals surface area contributed by atoms with E-state index in [1.54, 1.807) is 31.4 Å². The van der Waals surface area contributed by atoms with Crippen molar-refractivity contribution >= 4 is 45.3 Å². The van der Waals surface area contributed by atoms with E-state index in [9.17, 15) is 14.4 Å². The molecule has 168 valence electrons. The van der Waals surface area contributed by atoms with Gasteiger partial charge in [0.25, 0.3) is 5.56 Å². The van der Waals surface area contributed by atoms with E-state index < -0.39 is 11.9 Å². The maximum Gasteiger partial charge on any atom is 0.318 e. The predicted molar refractivity (Wildman–Crippen MR) is 125 cm³/mol. The summed E-state index contributed by atoms with van der Waals surface area (Å²) in [4.78, 5) is 45.6. The number of imide groups is 1. The van der Waals surface area contributed by atoms with Crippen molar-refractivity contribution in [1.82, 2.24) is 19.8 Å². The monoisotopic (exact) mass is 473 g/mol. The molecular formula is C21H23N5O4S2. The first kappa shape index (κ1) is 22.3. The topological polar surface area (TPSA) is 120 Å². The molecule has 1 aromatic carbocycles. The molecule has 0 radical (unpaired) electrons. The number of thiophene rings is 1. The number of hydrogen-bond acceptors (Lipinski definition) is 8. The molecule has 0 spiro atoms. The van der Waals surface area contributed by atoms with Crippen LogP contribution in [0.15, 0.2) is 34.2 Å². The number of nitrogens with two attached hydrogens (primary N) is 1. The Bertz CT molecular complexity index is 1250. The van der Waals surface area contributed by atoms with Crippen LogP contribution in [0.5, 0.6) is 5.75 Å². The first-order valence-corrected chi connectivity index (χ1v) is 11.9. The van der Waals surface area contributed by atoms with Crippen LogP contribution in [0.1, 0.15) is 17.4 Å². The first-order chi connectivity index (χ1) is 15.4. The van der Waals surface area contributed by atoms with E-state index in [-0.39, 0.29) is 11.3 Å². The predicted octanol–water partition coefficient (Wildman–Crippen LogP) is 2.12. The molecular weight excluding hydrogens is 450 g/mol. The third kappa shape index (κ3) is 4.36. The number of nitrogens with zero attached hydrogens (tertiary/aromatic N) is 3. The van der Waals surface area contributed by atoms with E-state index in [0.29, 0.717) is 26.8 Å². The lowest BCUT2D eigenvalue weighted by atomic mass is 10.1. The molecule has 0 saturated carbocycles. The summed E-state index contributed by atoms with van der Waals surface area (Å²) in [5.74, 6) is -0.0690. The van der Waals surface area contributed by atoms with Crippen LogP contribution >= 0.6 is 23.1 Å². The number of ether oxygens (including phenoxy) is 1. The highest BCUT2D eigenvalue weighted by Gasteiger charge is 2.25. The average Bonchev–Trinajstić information content (AvgIpc) is 3.14. The first-order valence-electron chi connectivity index (χ1n) is 10.1. The number of nitrogens with one attached hydrogen (secondary N) is 1. The molecule has 0 saturated heterocycles. The normalized spacial score (nSPS) is 13.7. The Morgan fingerprint density at radius 1 is 1.38 bits per heavy atom. The van der Waals surface area contributed by atoms with Crippen LogP contribution in [-0.2, 0) is 17.8 Å². The molecule has 32 heavy (non-hydrogen) atoms. The van der Waals surface area contributed by atoms with Crippen molar-refractivity contribution in [2.75, 3.05) is 26.0 Å². The number of primary amides is 1. The summed E-state index contributed by atoms with van der Waals surface area (Å²) in [6, 6.07) is 6.21. The van der Waals surface area contributed by atoms with E-state index in [4.69, 9.17) is 15.5 Å². The third-order valence-electron chi connectivity index (χ3n) is 5.28. The number of carbonyl (C=O) groups is 2. The van der Waals surface area contributed by atoms with E-state index in [1.165, 1.54) is 15.9 Å². The molecule has 9 nitrogen and oxygen atoms in total. The molecule has 2 aromatic heterocycles. The van der Waals surface area contributed by atoms with Crippen molar-refractivity contribution in [2.24, 2.45) is 5.73 Å². The SMILES string of the molecule is CCN1CCc2c(sc3nc(SCC(=O)NC(N)=O)n(-c4cccc(OC)c4)c(=O)c23)C1. The van der Waals surface area contributed by atoms with Crippen LogP contribution in [0.25, 0.3) is 15.9 Å². The standard InChI is InChI=1S/C21H23N5O4S2/c1-3-25-8-7-14-15(10-25)32-18-17(14)19(28)26(12-5-4-6-13(9-12)30-2)21(24-18)31-11-16(27)23-20(22)29/h4-6,9H,3,7-8,10-11H2,1-2H3,(H3,22,23,27,29). The lowest BCUT2D eigenvalue weighted by Crippen LogP contribution is -2.36. The van der Waals surface area contributed by atoms with Crippen LogP contribution in [0.2, 0.25) is 0 Å². The van der Waals surface area contributed by atoms with Gasteiger partial charge >= 0.3 is 6.03 Å². The highest BCUT2D eigenvalue weighted by molar-refractivity contribution is 7.99. The summed E-state index contributed by atoms with van der Waals surface area (Å²) in [6.45, 7) is 4.77. The summed E-state index contributed by atoms with van der Waals surface area (Å²) < 4.78 is 6.83. The fourth-order valence-electron chi connectivity index (χ4n) is 3.72. The van der Waals surface area contributed by atoms with Gasteiger partial charge in [0.15, 0.2) is 5.16 Å². The Hall–Kier alpha value is -2.89. The summed E-state index contributed by atoms with van der Waals surface area (Å²) in [5.41, 5.74) is 6.50. The average molecular weight is 474 g/mol. The van der Waals surface area contributed by atoms with Gasteiger partial charge in [-0.05, 0) is 30.7 Å². The van der Waals surface area contributed by atoms with Gasteiger partial charge in [-0.3, -0.25) is 24.4 Å². The molecule has 3 aromatic rings. The molecule has 1 aliphatic heterocycles. The van der Waals surface area contributed by atoms with Gasteiger partial charge < -0.3 is 10.5 Å². The summed E-state index contributed by atoms with van der Waals surface area (Å²) in [5, 5.41) is 3.03. The molecule has 4 rings (SSSR count). The van der Waals surface area contributed by atoms with Crippen molar-refractivity contribution in [3.8, 4) is 11.4 Å². The summed E-state index contributed by atoms with van der Waals surface area (Å²) in [7, 11) is 1.56. The molecule has 0 fully saturated rings. The Morgan fingerprint density at radius 3 is 2.91 bits per heavy atom. The molecule has 3 heterocycles. The molecule has 0 bridgehead atoms. The zero-order valence-electron chi connectivity index (χ0n) is 17.7. The molecule has 0 unspecified atom stereocenters. The van der Waals surface area contributed by atoms with Crippen molar-refractivity contribution in [3.05, 3.63) is 45.1 Å². The van der Waals surface area contributed by atoms with E-state index >= 15 is 0 Å². The van der Waals surface area contributed by atoms with Gasteiger partial charge in [-0.25, -0.2) is 9.78 Å². The highest BCUT2D eigenvalue weighted by atomic mass is 32.2. The van der Waals surface area contributed by atoms with Gasteiger partial charge in [-0.2, -0.15) is 0 Å². The lowest BCUT2D eigenvalue weighted by Gasteiger charge is -2.25. The van der Waals surface area contributed by atoms with Crippen LogP contribution in [0, 0.1) is 0 Å². The number of methoxy groups -OCH3 is 1. The Morgan fingerprint density at radius 2 is 2.19 bits per heavy atom. The number of urea groups is 1. The van der Waals surface area contributed by atoms with Crippen molar-refractivity contribution in [2.45, 2.75) is 25.0 Å². The van der Waals surface area contributed by atoms with Crippen LogP contribution in [0.3, 0.4) is 0 Å². The number of amides is 3. The third-order valence-corrected chi connectivity index (χ3v) is 7.33. The number of hydrogen-bond donors (Lipinski definition) is 2. The molecule has 11 heteroatoms. The van der Waals surface area contributed by atoms with Crippen molar-refractivity contribution < 1.29 is 14.3 Å². The maximum absolute atomic E-state index is 13.7. The minimum atomic E-state index is -0.921. The van der Waals surface area contributed by atoms with Gasteiger partial charge in [-0.1, -0.05) is 24.8 Å². The van der Waals surface area contributed by atoms with Gasteiger partial charge in [-0.15, -0.1) is 11.3 Å². The lowest BCUT2D eigenvalue weighted by molar-refractivity contribution is -0.117. The number of carbonyl (C=O) groups excluding carboxylic acids is 2. The number of benzene rings is 1.